The molecule has 0 aliphatic carbocycles. The van der Waals surface area contributed by atoms with Crippen molar-refractivity contribution in [3.63, 3.8) is 0 Å². The molecule has 0 spiro atoms. The van der Waals surface area contributed by atoms with Crippen LogP contribution in [-0.2, 0) is 17.8 Å². The average Bonchev–Trinajstić information content (AvgIpc) is 3.07. The number of rotatable bonds is 9. The Labute approximate surface area is 161 Å². The maximum absolute atomic E-state index is 5.89. The Balaban J connectivity index is 1.55. The summed E-state index contributed by atoms with van der Waals surface area (Å²) in [4.78, 5) is 4.57. The molecule has 0 aliphatic heterocycles. The lowest BCUT2D eigenvalue weighted by atomic mass is 10.1. The summed E-state index contributed by atoms with van der Waals surface area (Å²) in [5.74, 6) is 2.25. The van der Waals surface area contributed by atoms with E-state index < -0.39 is 0 Å². The van der Waals surface area contributed by atoms with Crippen molar-refractivity contribution in [1.82, 2.24) is 4.98 Å². The quantitative estimate of drug-likeness (QED) is 0.496. The van der Waals surface area contributed by atoms with Gasteiger partial charge in [-0.3, -0.25) is 0 Å². The molecule has 0 N–H and O–H groups in total. The molecule has 1 unspecified atom stereocenters. The topological polar surface area (TPSA) is 44.5 Å². The zero-order valence-electron chi connectivity index (χ0n) is 16.3. The molecule has 4 heteroatoms. The van der Waals surface area contributed by atoms with Crippen LogP contribution in [0.1, 0.15) is 37.3 Å². The Bertz CT molecular complexity index is 825. The van der Waals surface area contributed by atoms with Crippen molar-refractivity contribution in [2.45, 2.75) is 46.3 Å². The fourth-order valence-electron chi connectivity index (χ4n) is 2.91. The van der Waals surface area contributed by atoms with Gasteiger partial charge in [0.1, 0.15) is 23.8 Å². The van der Waals surface area contributed by atoms with Gasteiger partial charge >= 0.3 is 0 Å². The highest BCUT2D eigenvalue weighted by molar-refractivity contribution is 5.53. The number of nitrogens with zero attached hydrogens (tertiary/aromatic N) is 1. The van der Waals surface area contributed by atoms with Crippen LogP contribution in [0.3, 0.4) is 0 Å². The molecule has 1 aromatic heterocycles. The van der Waals surface area contributed by atoms with E-state index in [2.05, 4.69) is 24.0 Å². The van der Waals surface area contributed by atoms with Crippen LogP contribution in [0.2, 0.25) is 0 Å². The predicted octanol–water partition coefficient (Wildman–Crippen LogP) is 5.59. The van der Waals surface area contributed by atoms with Crippen LogP contribution >= 0.6 is 0 Å². The zero-order chi connectivity index (χ0) is 19.1. The van der Waals surface area contributed by atoms with Gasteiger partial charge in [0.05, 0.1) is 6.10 Å². The number of aryl methyl sites for hydroxylation is 2. The van der Waals surface area contributed by atoms with E-state index in [9.17, 15) is 0 Å². The Morgan fingerprint density at radius 3 is 2.48 bits per heavy atom. The number of oxazole rings is 1. The molecule has 3 rings (SSSR count). The van der Waals surface area contributed by atoms with E-state index in [0.29, 0.717) is 18.6 Å². The molecular formula is C23H27NO3. The zero-order valence-corrected chi connectivity index (χ0v) is 16.3. The Morgan fingerprint density at radius 2 is 1.78 bits per heavy atom. The van der Waals surface area contributed by atoms with Gasteiger partial charge in [0.2, 0.25) is 5.89 Å². The lowest BCUT2D eigenvalue weighted by Gasteiger charge is -2.11. The molecule has 1 atom stereocenters. The Kier molecular flexibility index (Phi) is 6.66. The molecule has 1 heterocycles. The summed E-state index contributed by atoms with van der Waals surface area (Å²) in [6, 6.07) is 18.1. The number of benzene rings is 2. The standard InChI is InChI=1S/C23H27NO3/c1-4-25-17(2)10-11-19-12-14-21(15-13-19)26-16-22-18(3)27-23(24-22)20-8-6-5-7-9-20/h5-9,12-15,17H,4,10-11,16H2,1-3H3. The summed E-state index contributed by atoms with van der Waals surface area (Å²) < 4.78 is 17.3. The molecule has 2 aromatic carbocycles. The molecular weight excluding hydrogens is 338 g/mol. The highest BCUT2D eigenvalue weighted by atomic mass is 16.5. The number of hydrogen-bond donors (Lipinski definition) is 0. The fourth-order valence-corrected chi connectivity index (χ4v) is 2.91. The molecule has 0 bridgehead atoms. The SMILES string of the molecule is CCOC(C)CCc1ccc(OCc2nc(-c3ccccc3)oc2C)cc1. The van der Waals surface area contributed by atoms with Crippen LogP contribution in [0.5, 0.6) is 5.75 Å². The fraction of sp³-hybridized carbons (Fsp3) is 0.348. The number of hydrogen-bond acceptors (Lipinski definition) is 4. The van der Waals surface area contributed by atoms with Crippen LogP contribution in [-0.4, -0.2) is 17.7 Å². The van der Waals surface area contributed by atoms with Crippen LogP contribution in [0.25, 0.3) is 11.5 Å². The molecule has 0 amide bonds. The first-order valence-electron chi connectivity index (χ1n) is 9.50. The summed E-state index contributed by atoms with van der Waals surface area (Å²) >= 11 is 0. The Hall–Kier alpha value is -2.59. The summed E-state index contributed by atoms with van der Waals surface area (Å²) in [5, 5.41) is 0. The monoisotopic (exact) mass is 365 g/mol. The molecule has 142 valence electrons. The number of ether oxygens (including phenoxy) is 2. The molecule has 0 radical (unpaired) electrons. The van der Waals surface area contributed by atoms with Crippen LogP contribution < -0.4 is 4.74 Å². The first-order valence-corrected chi connectivity index (χ1v) is 9.50. The third-order valence-corrected chi connectivity index (χ3v) is 4.50. The van der Waals surface area contributed by atoms with Crippen LogP contribution in [0.4, 0.5) is 0 Å². The van der Waals surface area contributed by atoms with E-state index >= 15 is 0 Å². The van der Waals surface area contributed by atoms with Crippen molar-refractivity contribution in [2.75, 3.05) is 6.61 Å². The van der Waals surface area contributed by atoms with Crippen molar-refractivity contribution in [1.29, 1.82) is 0 Å². The van der Waals surface area contributed by atoms with Gasteiger partial charge in [-0.05, 0) is 63.4 Å². The van der Waals surface area contributed by atoms with Crippen LogP contribution in [0.15, 0.2) is 59.0 Å². The minimum atomic E-state index is 0.292. The van der Waals surface area contributed by atoms with Crippen molar-refractivity contribution in [2.24, 2.45) is 0 Å². The van der Waals surface area contributed by atoms with E-state index in [0.717, 1.165) is 42.2 Å². The van der Waals surface area contributed by atoms with E-state index in [1.54, 1.807) is 0 Å². The molecule has 4 nitrogen and oxygen atoms in total. The maximum atomic E-state index is 5.89. The first-order chi connectivity index (χ1) is 13.2. The average molecular weight is 365 g/mol. The minimum Gasteiger partial charge on any atom is -0.487 e. The highest BCUT2D eigenvalue weighted by Crippen LogP contribution is 2.23. The van der Waals surface area contributed by atoms with E-state index in [1.165, 1.54) is 5.56 Å². The summed E-state index contributed by atoms with van der Waals surface area (Å²) in [6.45, 7) is 7.22. The van der Waals surface area contributed by atoms with Gasteiger partial charge in [-0.25, -0.2) is 4.98 Å². The molecule has 3 aromatic rings. The molecule has 0 fully saturated rings. The van der Waals surface area contributed by atoms with Gasteiger partial charge in [0.25, 0.3) is 0 Å². The lowest BCUT2D eigenvalue weighted by molar-refractivity contribution is 0.0706. The smallest absolute Gasteiger partial charge is 0.226 e. The summed E-state index contributed by atoms with van der Waals surface area (Å²) in [5.41, 5.74) is 3.08. The Morgan fingerprint density at radius 1 is 1.04 bits per heavy atom. The largest absolute Gasteiger partial charge is 0.487 e. The van der Waals surface area contributed by atoms with Gasteiger partial charge in [-0.1, -0.05) is 30.3 Å². The van der Waals surface area contributed by atoms with Crippen LogP contribution in [0, 0.1) is 6.92 Å². The van der Waals surface area contributed by atoms with Crippen molar-refractivity contribution >= 4 is 0 Å². The number of aromatic nitrogens is 1. The second kappa shape index (κ2) is 9.38. The van der Waals surface area contributed by atoms with E-state index in [4.69, 9.17) is 13.9 Å². The normalized spacial score (nSPS) is 12.1. The van der Waals surface area contributed by atoms with Crippen molar-refractivity contribution in [3.8, 4) is 17.2 Å². The second-order valence-electron chi connectivity index (χ2n) is 6.63. The minimum absolute atomic E-state index is 0.292. The van der Waals surface area contributed by atoms with Gasteiger partial charge < -0.3 is 13.9 Å². The molecule has 0 aliphatic rings. The van der Waals surface area contributed by atoms with Gasteiger partial charge in [-0.15, -0.1) is 0 Å². The third-order valence-electron chi connectivity index (χ3n) is 4.50. The maximum Gasteiger partial charge on any atom is 0.226 e. The third kappa shape index (κ3) is 5.44. The van der Waals surface area contributed by atoms with Gasteiger partial charge in [-0.2, -0.15) is 0 Å². The van der Waals surface area contributed by atoms with E-state index in [-0.39, 0.29) is 0 Å². The van der Waals surface area contributed by atoms with Crippen molar-refractivity contribution in [3.05, 3.63) is 71.6 Å². The van der Waals surface area contributed by atoms with Gasteiger partial charge in [0, 0.05) is 12.2 Å². The first kappa shape index (κ1) is 19.2. The predicted molar refractivity (Wildman–Crippen MR) is 107 cm³/mol. The lowest BCUT2D eigenvalue weighted by Crippen LogP contribution is -2.08. The summed E-state index contributed by atoms with van der Waals surface area (Å²) in [7, 11) is 0. The molecule has 0 saturated heterocycles. The second-order valence-corrected chi connectivity index (χ2v) is 6.63. The summed E-state index contributed by atoms with van der Waals surface area (Å²) in [6.07, 6.45) is 2.32. The van der Waals surface area contributed by atoms with E-state index in [1.807, 2.05) is 56.3 Å². The highest BCUT2D eigenvalue weighted by Gasteiger charge is 2.12. The molecule has 27 heavy (non-hydrogen) atoms. The van der Waals surface area contributed by atoms with Crippen molar-refractivity contribution < 1.29 is 13.9 Å². The molecule has 0 saturated carbocycles. The van der Waals surface area contributed by atoms with Gasteiger partial charge in [0.15, 0.2) is 0 Å².